The van der Waals surface area contributed by atoms with Crippen molar-refractivity contribution in [1.29, 1.82) is 0 Å². The van der Waals surface area contributed by atoms with Crippen molar-refractivity contribution in [2.75, 3.05) is 13.7 Å². The molecule has 1 saturated carbocycles. The summed E-state index contributed by atoms with van der Waals surface area (Å²) in [6, 6.07) is 0. The lowest BCUT2D eigenvalue weighted by atomic mass is 9.85. The van der Waals surface area contributed by atoms with Crippen molar-refractivity contribution < 1.29 is 4.74 Å². The minimum absolute atomic E-state index is 0.202. The quantitative estimate of drug-likeness (QED) is 0.807. The van der Waals surface area contributed by atoms with Gasteiger partial charge in [-0.1, -0.05) is 33.1 Å². The van der Waals surface area contributed by atoms with Crippen LogP contribution in [0.25, 0.3) is 0 Å². The zero-order valence-corrected chi connectivity index (χ0v) is 14.8. The third-order valence-electron chi connectivity index (χ3n) is 4.32. The Kier molecular flexibility index (Phi) is 6.65. The molecule has 0 aromatic carbocycles. The van der Waals surface area contributed by atoms with E-state index >= 15 is 0 Å². The highest BCUT2D eigenvalue weighted by atomic mass is 32.1. The molecule has 0 aliphatic heterocycles. The predicted molar refractivity (Wildman–Crippen MR) is 89.7 cm³/mol. The van der Waals surface area contributed by atoms with E-state index in [1.807, 2.05) is 18.4 Å². The molecule has 0 bridgehead atoms. The molecule has 1 aliphatic rings. The molecule has 0 amide bonds. The second kappa shape index (κ2) is 8.25. The summed E-state index contributed by atoms with van der Waals surface area (Å²) >= 11 is 1.84. The van der Waals surface area contributed by atoms with Gasteiger partial charge in [0.2, 0.25) is 0 Å². The molecule has 0 saturated heterocycles. The third-order valence-corrected chi connectivity index (χ3v) is 5.54. The summed E-state index contributed by atoms with van der Waals surface area (Å²) in [7, 11) is 1.84. The van der Waals surface area contributed by atoms with Crippen LogP contribution in [0.1, 0.15) is 67.6 Å². The summed E-state index contributed by atoms with van der Waals surface area (Å²) in [5.74, 6) is 1.34. The monoisotopic (exact) mass is 310 g/mol. The molecule has 1 atom stereocenters. The number of nitrogens with one attached hydrogen (secondary N) is 1. The minimum Gasteiger partial charge on any atom is -0.374 e. The molecule has 1 aromatic rings. The Bertz CT molecular complexity index is 424. The van der Waals surface area contributed by atoms with Gasteiger partial charge in [0.25, 0.3) is 0 Å². The molecule has 1 N–H and O–H groups in total. The Balaban J connectivity index is 2.01. The summed E-state index contributed by atoms with van der Waals surface area (Å²) in [5.41, 5.74) is 1.17. The lowest BCUT2D eigenvalue weighted by molar-refractivity contribution is 0.0352. The number of rotatable bonds is 7. The van der Waals surface area contributed by atoms with E-state index in [0.717, 1.165) is 13.1 Å². The van der Waals surface area contributed by atoms with Gasteiger partial charge in [-0.05, 0) is 38.1 Å². The smallest absolute Gasteiger partial charge is 0.122 e. The van der Waals surface area contributed by atoms with Gasteiger partial charge < -0.3 is 10.1 Å². The highest BCUT2D eigenvalue weighted by Gasteiger charge is 2.28. The standard InChI is InChI=1S/C17H30N2OS/c1-12(2)10-18-11-15-13(3)19-17(21-15)16(20-4)14-8-6-5-7-9-14/h12,14,16,18H,5-11H2,1-4H3. The minimum atomic E-state index is 0.202. The van der Waals surface area contributed by atoms with Gasteiger partial charge in [0.1, 0.15) is 11.1 Å². The lowest BCUT2D eigenvalue weighted by Gasteiger charge is -2.27. The molecule has 21 heavy (non-hydrogen) atoms. The van der Waals surface area contributed by atoms with Gasteiger partial charge in [-0.3, -0.25) is 0 Å². The van der Waals surface area contributed by atoms with Gasteiger partial charge in [0, 0.05) is 18.5 Å². The maximum Gasteiger partial charge on any atom is 0.122 e. The van der Waals surface area contributed by atoms with Gasteiger partial charge in [0.05, 0.1) is 5.69 Å². The van der Waals surface area contributed by atoms with Crippen LogP contribution in [-0.2, 0) is 11.3 Å². The molecule has 0 radical (unpaired) electrons. The summed E-state index contributed by atoms with van der Waals surface area (Å²) < 4.78 is 5.81. The second-order valence-corrected chi connectivity index (χ2v) is 7.76. The molecular weight excluding hydrogens is 280 g/mol. The first-order chi connectivity index (χ1) is 10.1. The van der Waals surface area contributed by atoms with E-state index in [-0.39, 0.29) is 6.10 Å². The van der Waals surface area contributed by atoms with Crippen LogP contribution in [0, 0.1) is 18.8 Å². The lowest BCUT2D eigenvalue weighted by Crippen LogP contribution is -2.18. The third kappa shape index (κ3) is 4.76. The average Bonchev–Trinajstić information content (AvgIpc) is 2.82. The van der Waals surface area contributed by atoms with Crippen LogP contribution >= 0.6 is 11.3 Å². The molecule has 1 fully saturated rings. The van der Waals surface area contributed by atoms with E-state index in [9.17, 15) is 0 Å². The van der Waals surface area contributed by atoms with E-state index in [1.165, 1.54) is 47.7 Å². The van der Waals surface area contributed by atoms with E-state index in [1.54, 1.807) is 0 Å². The van der Waals surface area contributed by atoms with Crippen LogP contribution in [-0.4, -0.2) is 18.6 Å². The molecule has 2 rings (SSSR count). The van der Waals surface area contributed by atoms with E-state index in [2.05, 4.69) is 26.1 Å². The zero-order chi connectivity index (χ0) is 15.2. The Morgan fingerprint density at radius 3 is 2.62 bits per heavy atom. The number of thiazole rings is 1. The van der Waals surface area contributed by atoms with Crippen LogP contribution in [0.3, 0.4) is 0 Å². The molecule has 1 heterocycles. The SMILES string of the molecule is COC(c1nc(C)c(CNCC(C)C)s1)C1CCCCC1. The van der Waals surface area contributed by atoms with Crippen molar-refractivity contribution in [1.82, 2.24) is 10.3 Å². The molecule has 1 aromatic heterocycles. The first-order valence-corrected chi connectivity index (χ1v) is 9.13. The highest BCUT2D eigenvalue weighted by molar-refractivity contribution is 7.11. The first kappa shape index (κ1) is 16.9. The molecular formula is C17H30N2OS. The number of nitrogens with zero attached hydrogens (tertiary/aromatic N) is 1. The maximum atomic E-state index is 5.81. The summed E-state index contributed by atoms with van der Waals surface area (Å²) in [4.78, 5) is 6.17. The van der Waals surface area contributed by atoms with Gasteiger partial charge in [-0.25, -0.2) is 4.98 Å². The topological polar surface area (TPSA) is 34.1 Å². The molecule has 0 spiro atoms. The molecule has 1 aliphatic carbocycles. The zero-order valence-electron chi connectivity index (χ0n) is 13.9. The van der Waals surface area contributed by atoms with Crippen molar-refractivity contribution in [2.24, 2.45) is 11.8 Å². The normalized spacial score (nSPS) is 18.3. The van der Waals surface area contributed by atoms with Crippen molar-refractivity contribution in [3.8, 4) is 0 Å². The summed E-state index contributed by atoms with van der Waals surface area (Å²) in [5, 5.41) is 4.70. The second-order valence-electron chi connectivity index (χ2n) is 6.64. The van der Waals surface area contributed by atoms with E-state index in [4.69, 9.17) is 9.72 Å². The highest BCUT2D eigenvalue weighted by Crippen LogP contribution is 2.38. The maximum absolute atomic E-state index is 5.81. The molecule has 3 nitrogen and oxygen atoms in total. The average molecular weight is 311 g/mol. The largest absolute Gasteiger partial charge is 0.374 e. The van der Waals surface area contributed by atoms with E-state index in [0.29, 0.717) is 11.8 Å². The van der Waals surface area contributed by atoms with Crippen LogP contribution in [0.5, 0.6) is 0 Å². The Hall–Kier alpha value is -0.450. The van der Waals surface area contributed by atoms with Crippen molar-refractivity contribution in [3.05, 3.63) is 15.6 Å². The summed E-state index contributed by atoms with van der Waals surface area (Å²) in [6.45, 7) is 8.59. The van der Waals surface area contributed by atoms with Crippen LogP contribution in [0.15, 0.2) is 0 Å². The van der Waals surface area contributed by atoms with Crippen molar-refractivity contribution >= 4 is 11.3 Å². The van der Waals surface area contributed by atoms with Gasteiger partial charge >= 0.3 is 0 Å². The Morgan fingerprint density at radius 2 is 2.00 bits per heavy atom. The number of aromatic nitrogens is 1. The molecule has 4 heteroatoms. The predicted octanol–water partition coefficient (Wildman–Crippen LogP) is 4.46. The fraction of sp³-hybridized carbons (Fsp3) is 0.824. The van der Waals surface area contributed by atoms with Crippen LogP contribution in [0.4, 0.5) is 0 Å². The molecule has 1 unspecified atom stereocenters. The summed E-state index contributed by atoms with van der Waals surface area (Å²) in [6.07, 6.45) is 6.85. The number of hydrogen-bond acceptors (Lipinski definition) is 4. The Morgan fingerprint density at radius 1 is 1.29 bits per heavy atom. The first-order valence-electron chi connectivity index (χ1n) is 8.31. The number of methoxy groups -OCH3 is 1. The van der Waals surface area contributed by atoms with Crippen LogP contribution in [0.2, 0.25) is 0 Å². The molecule has 120 valence electrons. The van der Waals surface area contributed by atoms with E-state index < -0.39 is 0 Å². The van der Waals surface area contributed by atoms with Crippen LogP contribution < -0.4 is 5.32 Å². The number of hydrogen-bond donors (Lipinski definition) is 1. The van der Waals surface area contributed by atoms with Gasteiger partial charge in [-0.2, -0.15) is 0 Å². The van der Waals surface area contributed by atoms with Crippen molar-refractivity contribution in [3.63, 3.8) is 0 Å². The van der Waals surface area contributed by atoms with Gasteiger partial charge in [-0.15, -0.1) is 11.3 Å². The van der Waals surface area contributed by atoms with Gasteiger partial charge in [0.15, 0.2) is 0 Å². The fourth-order valence-electron chi connectivity index (χ4n) is 3.14. The fourth-order valence-corrected chi connectivity index (χ4v) is 4.35. The van der Waals surface area contributed by atoms with Crippen molar-refractivity contribution in [2.45, 2.75) is 65.5 Å². The number of ether oxygens (including phenoxy) is 1. The number of aryl methyl sites for hydroxylation is 1. The Labute approximate surface area is 133 Å².